The van der Waals surface area contributed by atoms with Crippen molar-refractivity contribution in [2.45, 2.75) is 45.1 Å². The molecule has 4 heteroatoms. The summed E-state index contributed by atoms with van der Waals surface area (Å²) in [6.07, 6.45) is 3.76. The Morgan fingerprint density at radius 3 is 2.71 bits per heavy atom. The van der Waals surface area contributed by atoms with E-state index in [1.54, 1.807) is 6.20 Å². The summed E-state index contributed by atoms with van der Waals surface area (Å²) >= 11 is 0. The van der Waals surface area contributed by atoms with E-state index in [1.807, 2.05) is 0 Å². The van der Waals surface area contributed by atoms with E-state index < -0.39 is 0 Å². The van der Waals surface area contributed by atoms with E-state index in [0.717, 1.165) is 43.1 Å². The highest BCUT2D eigenvalue weighted by atomic mass is 16.5. The molecule has 1 aliphatic rings. The van der Waals surface area contributed by atoms with E-state index >= 15 is 0 Å². The predicted octanol–water partition coefficient (Wildman–Crippen LogP) is 1.99. The van der Waals surface area contributed by atoms with Gasteiger partial charge >= 0.3 is 0 Å². The molecule has 0 saturated carbocycles. The van der Waals surface area contributed by atoms with Gasteiger partial charge in [0.25, 0.3) is 0 Å². The van der Waals surface area contributed by atoms with E-state index in [4.69, 9.17) is 4.74 Å². The standard InChI is InChI=1S/C13H20N2O2/c1-9(2)12-11(8-16)7-14-13(15-12)10-3-5-17-6-4-10/h7,9-10,16H,3-6,8H2,1-2H3. The third-order valence-corrected chi connectivity index (χ3v) is 3.22. The molecule has 1 aromatic rings. The molecule has 1 aliphatic heterocycles. The molecule has 1 saturated heterocycles. The molecule has 0 spiro atoms. The number of aliphatic hydroxyl groups is 1. The van der Waals surface area contributed by atoms with Crippen LogP contribution >= 0.6 is 0 Å². The van der Waals surface area contributed by atoms with Crippen LogP contribution in [0.3, 0.4) is 0 Å². The molecule has 0 amide bonds. The highest BCUT2D eigenvalue weighted by molar-refractivity contribution is 5.21. The second-order valence-corrected chi connectivity index (χ2v) is 4.84. The van der Waals surface area contributed by atoms with Crippen LogP contribution in [0, 0.1) is 0 Å². The lowest BCUT2D eigenvalue weighted by atomic mass is 9.98. The Hall–Kier alpha value is -1.00. The van der Waals surface area contributed by atoms with Crippen molar-refractivity contribution in [2.24, 2.45) is 0 Å². The molecule has 1 N–H and O–H groups in total. The zero-order valence-electron chi connectivity index (χ0n) is 10.5. The summed E-state index contributed by atoms with van der Waals surface area (Å²) in [6, 6.07) is 0. The molecule has 17 heavy (non-hydrogen) atoms. The molecule has 2 rings (SSSR count). The van der Waals surface area contributed by atoms with Gasteiger partial charge in [0.2, 0.25) is 0 Å². The SMILES string of the molecule is CC(C)c1nc(C2CCOCC2)ncc1CO. The number of hydrogen-bond acceptors (Lipinski definition) is 4. The maximum absolute atomic E-state index is 9.27. The minimum Gasteiger partial charge on any atom is -0.392 e. The Morgan fingerprint density at radius 1 is 1.41 bits per heavy atom. The number of aromatic nitrogens is 2. The lowest BCUT2D eigenvalue weighted by Crippen LogP contribution is -2.17. The summed E-state index contributed by atoms with van der Waals surface area (Å²) in [5, 5.41) is 9.27. The van der Waals surface area contributed by atoms with Crippen molar-refractivity contribution in [3.8, 4) is 0 Å². The van der Waals surface area contributed by atoms with Crippen molar-refractivity contribution >= 4 is 0 Å². The summed E-state index contributed by atoms with van der Waals surface area (Å²) in [6.45, 7) is 5.80. The van der Waals surface area contributed by atoms with Crippen LogP contribution in [-0.4, -0.2) is 28.3 Å². The summed E-state index contributed by atoms with van der Waals surface area (Å²) in [5.74, 6) is 1.64. The Bertz CT molecular complexity index is 374. The summed E-state index contributed by atoms with van der Waals surface area (Å²) < 4.78 is 5.35. The molecule has 0 atom stereocenters. The molecular weight excluding hydrogens is 216 g/mol. The highest BCUT2D eigenvalue weighted by Crippen LogP contribution is 2.26. The fourth-order valence-electron chi connectivity index (χ4n) is 2.21. The molecule has 0 bridgehead atoms. The van der Waals surface area contributed by atoms with Crippen LogP contribution in [-0.2, 0) is 11.3 Å². The van der Waals surface area contributed by atoms with Crippen molar-refractivity contribution in [1.82, 2.24) is 9.97 Å². The number of aliphatic hydroxyl groups excluding tert-OH is 1. The zero-order valence-corrected chi connectivity index (χ0v) is 10.5. The van der Waals surface area contributed by atoms with Crippen molar-refractivity contribution in [2.75, 3.05) is 13.2 Å². The second kappa shape index (κ2) is 5.56. The summed E-state index contributed by atoms with van der Waals surface area (Å²) in [7, 11) is 0. The van der Waals surface area contributed by atoms with Crippen LogP contribution in [0.4, 0.5) is 0 Å². The van der Waals surface area contributed by atoms with Gasteiger partial charge in [-0.05, 0) is 18.8 Å². The Balaban J connectivity index is 2.26. The van der Waals surface area contributed by atoms with Gasteiger partial charge in [-0.15, -0.1) is 0 Å². The minimum absolute atomic E-state index is 0.0154. The van der Waals surface area contributed by atoms with Crippen molar-refractivity contribution in [3.05, 3.63) is 23.3 Å². The van der Waals surface area contributed by atoms with Crippen molar-refractivity contribution < 1.29 is 9.84 Å². The Labute approximate surface area is 102 Å². The van der Waals surface area contributed by atoms with Gasteiger partial charge in [-0.25, -0.2) is 9.97 Å². The number of hydrogen-bond donors (Lipinski definition) is 1. The van der Waals surface area contributed by atoms with Gasteiger partial charge in [-0.3, -0.25) is 0 Å². The number of rotatable bonds is 3. The Morgan fingerprint density at radius 2 is 2.12 bits per heavy atom. The number of nitrogens with zero attached hydrogens (tertiary/aromatic N) is 2. The van der Waals surface area contributed by atoms with E-state index in [1.165, 1.54) is 0 Å². The van der Waals surface area contributed by atoms with Gasteiger partial charge in [0.1, 0.15) is 5.82 Å². The maximum Gasteiger partial charge on any atom is 0.131 e. The van der Waals surface area contributed by atoms with Gasteiger partial charge in [-0.1, -0.05) is 13.8 Å². The largest absolute Gasteiger partial charge is 0.392 e. The zero-order chi connectivity index (χ0) is 12.3. The van der Waals surface area contributed by atoms with E-state index in [9.17, 15) is 5.11 Å². The lowest BCUT2D eigenvalue weighted by molar-refractivity contribution is 0.0835. The van der Waals surface area contributed by atoms with Gasteiger partial charge in [0.05, 0.1) is 12.3 Å². The van der Waals surface area contributed by atoms with E-state index in [2.05, 4.69) is 23.8 Å². The fraction of sp³-hybridized carbons (Fsp3) is 0.692. The summed E-state index contributed by atoms with van der Waals surface area (Å²) in [5.41, 5.74) is 1.82. The van der Waals surface area contributed by atoms with Crippen LogP contribution in [0.25, 0.3) is 0 Å². The molecule has 4 nitrogen and oxygen atoms in total. The molecule has 2 heterocycles. The highest BCUT2D eigenvalue weighted by Gasteiger charge is 2.20. The molecule has 0 unspecified atom stereocenters. The second-order valence-electron chi connectivity index (χ2n) is 4.84. The average molecular weight is 236 g/mol. The van der Waals surface area contributed by atoms with Crippen LogP contribution in [0.5, 0.6) is 0 Å². The summed E-state index contributed by atoms with van der Waals surface area (Å²) in [4.78, 5) is 9.03. The first kappa shape index (κ1) is 12.5. The fourth-order valence-corrected chi connectivity index (χ4v) is 2.21. The maximum atomic E-state index is 9.27. The molecule has 94 valence electrons. The van der Waals surface area contributed by atoms with Gasteiger partial charge in [-0.2, -0.15) is 0 Å². The molecule has 0 aromatic carbocycles. The average Bonchev–Trinajstić information content (AvgIpc) is 2.39. The third kappa shape index (κ3) is 2.82. The first-order valence-corrected chi connectivity index (χ1v) is 6.26. The van der Waals surface area contributed by atoms with Crippen LogP contribution in [0.2, 0.25) is 0 Å². The van der Waals surface area contributed by atoms with Crippen LogP contribution < -0.4 is 0 Å². The van der Waals surface area contributed by atoms with Crippen molar-refractivity contribution in [3.63, 3.8) is 0 Å². The normalized spacial score (nSPS) is 17.6. The topological polar surface area (TPSA) is 55.2 Å². The molecule has 0 radical (unpaired) electrons. The van der Waals surface area contributed by atoms with Crippen LogP contribution in [0.1, 0.15) is 55.6 Å². The predicted molar refractivity (Wildman–Crippen MR) is 64.8 cm³/mol. The monoisotopic (exact) mass is 236 g/mol. The molecule has 1 aromatic heterocycles. The Kier molecular flexibility index (Phi) is 4.07. The number of ether oxygens (including phenoxy) is 1. The molecule has 1 fully saturated rings. The van der Waals surface area contributed by atoms with E-state index in [-0.39, 0.29) is 6.61 Å². The quantitative estimate of drug-likeness (QED) is 0.872. The van der Waals surface area contributed by atoms with Crippen molar-refractivity contribution in [1.29, 1.82) is 0 Å². The molecular formula is C13H20N2O2. The first-order valence-electron chi connectivity index (χ1n) is 6.26. The minimum atomic E-state index is 0.0154. The smallest absolute Gasteiger partial charge is 0.131 e. The van der Waals surface area contributed by atoms with Gasteiger partial charge in [0.15, 0.2) is 0 Å². The first-order chi connectivity index (χ1) is 8.22. The van der Waals surface area contributed by atoms with Gasteiger partial charge in [0, 0.05) is 30.9 Å². The van der Waals surface area contributed by atoms with Gasteiger partial charge < -0.3 is 9.84 Å². The lowest BCUT2D eigenvalue weighted by Gasteiger charge is -2.22. The van der Waals surface area contributed by atoms with Crippen LogP contribution in [0.15, 0.2) is 6.20 Å². The van der Waals surface area contributed by atoms with E-state index in [0.29, 0.717) is 11.8 Å². The molecule has 0 aliphatic carbocycles. The third-order valence-electron chi connectivity index (χ3n) is 3.22.